The third kappa shape index (κ3) is 3.48. The van der Waals surface area contributed by atoms with Gasteiger partial charge >= 0.3 is 0 Å². The van der Waals surface area contributed by atoms with Gasteiger partial charge in [0.05, 0.1) is 17.6 Å². The van der Waals surface area contributed by atoms with Crippen LogP contribution in [0.5, 0.6) is 0 Å². The van der Waals surface area contributed by atoms with E-state index in [-0.39, 0.29) is 0 Å². The van der Waals surface area contributed by atoms with Crippen molar-refractivity contribution in [3.63, 3.8) is 0 Å². The summed E-state index contributed by atoms with van der Waals surface area (Å²) < 4.78 is 0. The second-order valence-electron chi connectivity index (χ2n) is 6.13. The Labute approximate surface area is 123 Å². The molecule has 0 aromatic carbocycles. The van der Waals surface area contributed by atoms with Crippen LogP contribution in [0.1, 0.15) is 57.5 Å². The molecule has 112 valence electrons. The summed E-state index contributed by atoms with van der Waals surface area (Å²) in [5.74, 6) is 2.17. The molecule has 0 saturated carbocycles. The van der Waals surface area contributed by atoms with E-state index in [9.17, 15) is 0 Å². The monoisotopic (exact) mass is 276 g/mol. The normalized spacial score (nSPS) is 19.1. The molecular formula is C16H28N4. The van der Waals surface area contributed by atoms with Gasteiger partial charge in [0, 0.05) is 25.6 Å². The fraction of sp³-hybridized carbons (Fsp3) is 0.750. The van der Waals surface area contributed by atoms with Gasteiger partial charge in [0.25, 0.3) is 0 Å². The van der Waals surface area contributed by atoms with Gasteiger partial charge < -0.3 is 10.2 Å². The minimum absolute atomic E-state index is 0.381. The lowest BCUT2D eigenvalue weighted by Gasteiger charge is -2.22. The Kier molecular flexibility index (Phi) is 5.35. The highest BCUT2D eigenvalue weighted by atomic mass is 15.2. The van der Waals surface area contributed by atoms with Crippen molar-refractivity contribution in [3.05, 3.63) is 17.7 Å². The number of nitrogens with one attached hydrogen (secondary N) is 1. The van der Waals surface area contributed by atoms with Crippen LogP contribution in [0.4, 0.5) is 5.69 Å². The number of hydrogen-bond donors (Lipinski definition) is 1. The molecule has 2 rings (SSSR count). The van der Waals surface area contributed by atoms with Gasteiger partial charge in [-0.25, -0.2) is 9.97 Å². The summed E-state index contributed by atoms with van der Waals surface area (Å²) in [4.78, 5) is 11.8. The van der Waals surface area contributed by atoms with E-state index in [0.29, 0.717) is 5.92 Å². The molecule has 0 aliphatic carbocycles. The molecule has 1 aliphatic rings. The van der Waals surface area contributed by atoms with Crippen molar-refractivity contribution in [1.82, 2.24) is 15.3 Å². The molecule has 20 heavy (non-hydrogen) atoms. The van der Waals surface area contributed by atoms with Gasteiger partial charge in [0.1, 0.15) is 5.82 Å². The van der Waals surface area contributed by atoms with Crippen molar-refractivity contribution in [2.24, 2.45) is 5.92 Å². The maximum atomic E-state index is 4.76. The lowest BCUT2D eigenvalue weighted by molar-refractivity contribution is 0.529. The predicted molar refractivity (Wildman–Crippen MR) is 84.1 cm³/mol. The van der Waals surface area contributed by atoms with Crippen LogP contribution in [-0.2, 0) is 6.54 Å². The number of anilines is 1. The molecule has 1 atom stereocenters. The maximum Gasteiger partial charge on any atom is 0.131 e. The summed E-state index contributed by atoms with van der Waals surface area (Å²) in [7, 11) is 1.98. The average Bonchev–Trinajstić information content (AvgIpc) is 2.88. The quantitative estimate of drug-likeness (QED) is 0.867. The van der Waals surface area contributed by atoms with Gasteiger partial charge in [0.2, 0.25) is 0 Å². The van der Waals surface area contributed by atoms with Gasteiger partial charge in [-0.15, -0.1) is 0 Å². The zero-order chi connectivity index (χ0) is 14.5. The van der Waals surface area contributed by atoms with E-state index in [0.717, 1.165) is 37.1 Å². The Bertz CT molecular complexity index is 430. The van der Waals surface area contributed by atoms with Gasteiger partial charge in [0.15, 0.2) is 0 Å². The highest BCUT2D eigenvalue weighted by molar-refractivity contribution is 5.50. The molecular weight excluding hydrogens is 248 g/mol. The Hall–Kier alpha value is -1.16. The second-order valence-corrected chi connectivity index (χ2v) is 6.13. The van der Waals surface area contributed by atoms with E-state index in [1.165, 1.54) is 24.9 Å². The number of aromatic nitrogens is 2. The molecule has 0 spiro atoms. The molecule has 1 unspecified atom stereocenters. The van der Waals surface area contributed by atoms with Gasteiger partial charge in [-0.1, -0.05) is 27.2 Å². The van der Waals surface area contributed by atoms with E-state index in [1.807, 2.05) is 13.2 Å². The van der Waals surface area contributed by atoms with Crippen molar-refractivity contribution in [2.45, 2.75) is 52.5 Å². The first kappa shape index (κ1) is 15.2. The first-order valence-corrected chi connectivity index (χ1v) is 7.91. The van der Waals surface area contributed by atoms with Gasteiger partial charge in [-0.05, 0) is 25.8 Å². The van der Waals surface area contributed by atoms with Crippen LogP contribution in [0.2, 0.25) is 0 Å². The van der Waals surface area contributed by atoms with Gasteiger partial charge in [-0.2, -0.15) is 0 Å². The summed E-state index contributed by atoms with van der Waals surface area (Å²) in [5.41, 5.74) is 2.37. The van der Waals surface area contributed by atoms with Crippen molar-refractivity contribution >= 4 is 5.69 Å². The van der Waals surface area contributed by atoms with Crippen molar-refractivity contribution in [1.29, 1.82) is 0 Å². The first-order chi connectivity index (χ1) is 9.65. The largest absolute Gasteiger partial charge is 0.368 e. The fourth-order valence-electron chi connectivity index (χ4n) is 2.96. The molecule has 1 fully saturated rings. The minimum Gasteiger partial charge on any atom is -0.368 e. The van der Waals surface area contributed by atoms with Crippen LogP contribution in [0.25, 0.3) is 0 Å². The van der Waals surface area contributed by atoms with Crippen LogP contribution >= 0.6 is 0 Å². The number of rotatable bonds is 6. The van der Waals surface area contributed by atoms with E-state index < -0.39 is 0 Å². The molecule has 1 saturated heterocycles. The van der Waals surface area contributed by atoms with Crippen LogP contribution in [-0.4, -0.2) is 30.1 Å². The number of hydrogen-bond acceptors (Lipinski definition) is 4. The van der Waals surface area contributed by atoms with E-state index in [4.69, 9.17) is 4.98 Å². The minimum atomic E-state index is 0.381. The van der Waals surface area contributed by atoms with Crippen molar-refractivity contribution < 1.29 is 0 Å². The molecule has 0 amide bonds. The third-order valence-electron chi connectivity index (χ3n) is 4.05. The van der Waals surface area contributed by atoms with Crippen LogP contribution in [0, 0.1) is 5.92 Å². The molecule has 1 aliphatic heterocycles. The zero-order valence-corrected chi connectivity index (χ0v) is 13.3. The summed E-state index contributed by atoms with van der Waals surface area (Å²) >= 11 is 0. The Morgan fingerprint density at radius 1 is 1.45 bits per heavy atom. The molecule has 4 heteroatoms. The summed E-state index contributed by atoms with van der Waals surface area (Å²) in [5, 5.41) is 3.23. The molecule has 0 radical (unpaired) electrons. The Morgan fingerprint density at radius 2 is 2.25 bits per heavy atom. The van der Waals surface area contributed by atoms with E-state index in [2.05, 4.69) is 36.0 Å². The lowest BCUT2D eigenvalue weighted by atomic mass is 10.0. The standard InChI is InChI=1S/C16H28N4/c1-5-6-13-7-8-20(11-13)15-10-18-16(12(2)3)19-14(15)9-17-4/h10,12-13,17H,5-9,11H2,1-4H3. The molecule has 1 N–H and O–H groups in total. The van der Waals surface area contributed by atoms with Crippen LogP contribution in [0.15, 0.2) is 6.20 Å². The molecule has 0 bridgehead atoms. The van der Waals surface area contributed by atoms with Crippen molar-refractivity contribution in [3.8, 4) is 0 Å². The smallest absolute Gasteiger partial charge is 0.131 e. The SMILES string of the molecule is CCCC1CCN(c2cnc(C(C)C)nc2CNC)C1. The third-order valence-corrected chi connectivity index (χ3v) is 4.05. The summed E-state index contributed by atoms with van der Waals surface area (Å²) in [6.07, 6.45) is 5.95. The molecule has 1 aromatic rings. The van der Waals surface area contributed by atoms with Gasteiger partial charge in [-0.3, -0.25) is 0 Å². The van der Waals surface area contributed by atoms with E-state index in [1.54, 1.807) is 0 Å². The van der Waals surface area contributed by atoms with Crippen molar-refractivity contribution in [2.75, 3.05) is 25.0 Å². The summed E-state index contributed by atoms with van der Waals surface area (Å²) in [6.45, 7) is 9.68. The summed E-state index contributed by atoms with van der Waals surface area (Å²) in [6, 6.07) is 0. The van der Waals surface area contributed by atoms with E-state index >= 15 is 0 Å². The Balaban J connectivity index is 2.18. The highest BCUT2D eigenvalue weighted by Gasteiger charge is 2.24. The molecule has 1 aromatic heterocycles. The van der Waals surface area contributed by atoms with Crippen LogP contribution < -0.4 is 10.2 Å². The number of nitrogens with zero attached hydrogens (tertiary/aromatic N) is 3. The fourth-order valence-corrected chi connectivity index (χ4v) is 2.96. The second kappa shape index (κ2) is 7.02. The Morgan fingerprint density at radius 3 is 2.90 bits per heavy atom. The highest BCUT2D eigenvalue weighted by Crippen LogP contribution is 2.28. The molecule has 2 heterocycles. The average molecular weight is 276 g/mol. The molecule has 4 nitrogen and oxygen atoms in total. The zero-order valence-electron chi connectivity index (χ0n) is 13.3. The maximum absolute atomic E-state index is 4.76. The lowest BCUT2D eigenvalue weighted by Crippen LogP contribution is -2.24. The topological polar surface area (TPSA) is 41.1 Å². The van der Waals surface area contributed by atoms with Crippen LogP contribution in [0.3, 0.4) is 0 Å². The predicted octanol–water partition coefficient (Wildman–Crippen LogP) is 2.95. The first-order valence-electron chi connectivity index (χ1n) is 7.91.